The van der Waals surface area contributed by atoms with Crippen LogP contribution in [0.1, 0.15) is 63.5 Å². The third-order valence-corrected chi connectivity index (χ3v) is 7.81. The van der Waals surface area contributed by atoms with E-state index in [2.05, 4.69) is 15.5 Å². The highest BCUT2D eigenvalue weighted by Gasteiger charge is 2.40. The number of amides is 1. The summed E-state index contributed by atoms with van der Waals surface area (Å²) >= 11 is 0. The molecule has 7 heteroatoms. The molecule has 1 amide bonds. The molecule has 2 heterocycles. The molecule has 31 heavy (non-hydrogen) atoms. The molecule has 1 aromatic heterocycles. The Morgan fingerprint density at radius 3 is 2.71 bits per heavy atom. The van der Waals surface area contributed by atoms with Crippen molar-refractivity contribution >= 4 is 35.8 Å². The van der Waals surface area contributed by atoms with Crippen LogP contribution in [0.15, 0.2) is 27.8 Å². The summed E-state index contributed by atoms with van der Waals surface area (Å²) in [5, 5.41) is 7.43. The average molecular weight is 540 g/mol. The smallest absolute Gasteiger partial charge is 0.225 e. The maximum atomic E-state index is 12.8. The zero-order valence-corrected chi connectivity index (χ0v) is 20.8. The number of furan rings is 1. The summed E-state index contributed by atoms with van der Waals surface area (Å²) in [5.74, 6) is 4.27. The molecular formula is C24H37IN4O2. The van der Waals surface area contributed by atoms with Crippen LogP contribution in [0.5, 0.6) is 0 Å². The van der Waals surface area contributed by atoms with Crippen molar-refractivity contribution in [1.29, 1.82) is 0 Å². The fourth-order valence-electron chi connectivity index (χ4n) is 6.17. The number of likely N-dealkylation sites (tertiary alicyclic amines) is 1. The van der Waals surface area contributed by atoms with Crippen LogP contribution in [-0.2, 0) is 11.2 Å². The van der Waals surface area contributed by atoms with Gasteiger partial charge in [-0.25, -0.2) is 0 Å². The van der Waals surface area contributed by atoms with Crippen LogP contribution in [-0.4, -0.2) is 48.5 Å². The van der Waals surface area contributed by atoms with Gasteiger partial charge in [0.2, 0.25) is 5.91 Å². The lowest BCUT2D eigenvalue weighted by atomic mass is 9.95. The summed E-state index contributed by atoms with van der Waals surface area (Å²) in [4.78, 5) is 19.8. The number of fused-ring (bicyclic) bond motifs is 2. The van der Waals surface area contributed by atoms with Crippen LogP contribution in [0, 0.1) is 17.8 Å². The monoisotopic (exact) mass is 540 g/mol. The van der Waals surface area contributed by atoms with Crippen molar-refractivity contribution in [3.05, 3.63) is 24.2 Å². The Morgan fingerprint density at radius 1 is 1.13 bits per heavy atom. The van der Waals surface area contributed by atoms with E-state index < -0.39 is 0 Å². The quantitative estimate of drug-likeness (QED) is 0.326. The first-order valence-electron chi connectivity index (χ1n) is 12.1. The molecule has 5 rings (SSSR count). The van der Waals surface area contributed by atoms with Gasteiger partial charge in [-0.05, 0) is 62.5 Å². The van der Waals surface area contributed by atoms with Crippen molar-refractivity contribution in [2.75, 3.05) is 19.6 Å². The molecule has 1 aromatic rings. The first-order chi connectivity index (χ1) is 14.7. The van der Waals surface area contributed by atoms with Gasteiger partial charge in [-0.1, -0.05) is 19.3 Å². The van der Waals surface area contributed by atoms with E-state index in [0.717, 1.165) is 62.3 Å². The van der Waals surface area contributed by atoms with Crippen molar-refractivity contribution in [1.82, 2.24) is 15.5 Å². The molecule has 2 N–H and O–H groups in total. The molecule has 172 valence electrons. The lowest BCUT2D eigenvalue weighted by Crippen LogP contribution is -2.50. The van der Waals surface area contributed by atoms with E-state index in [0.29, 0.717) is 24.5 Å². The minimum Gasteiger partial charge on any atom is -0.469 e. The predicted molar refractivity (Wildman–Crippen MR) is 133 cm³/mol. The van der Waals surface area contributed by atoms with Gasteiger partial charge in [-0.2, -0.15) is 0 Å². The van der Waals surface area contributed by atoms with E-state index in [1.807, 2.05) is 12.1 Å². The van der Waals surface area contributed by atoms with Crippen LogP contribution < -0.4 is 10.6 Å². The molecule has 0 spiro atoms. The van der Waals surface area contributed by atoms with Gasteiger partial charge in [0.15, 0.2) is 5.96 Å². The molecule has 4 fully saturated rings. The number of carbonyl (C=O) groups excluding carboxylic acids is 1. The number of nitrogens with one attached hydrogen (secondary N) is 2. The molecule has 2 bridgehead atoms. The van der Waals surface area contributed by atoms with E-state index in [9.17, 15) is 4.79 Å². The summed E-state index contributed by atoms with van der Waals surface area (Å²) in [6.45, 7) is 2.40. The number of guanidine groups is 1. The van der Waals surface area contributed by atoms with Gasteiger partial charge in [-0.3, -0.25) is 9.79 Å². The minimum absolute atomic E-state index is 0. The number of hydrogen-bond acceptors (Lipinski definition) is 3. The third kappa shape index (κ3) is 5.57. The Bertz CT molecular complexity index is 747. The molecule has 3 aliphatic carbocycles. The second-order valence-corrected chi connectivity index (χ2v) is 9.88. The Balaban J connectivity index is 0.00000231. The largest absolute Gasteiger partial charge is 0.469 e. The van der Waals surface area contributed by atoms with Gasteiger partial charge < -0.3 is 20.0 Å². The van der Waals surface area contributed by atoms with Crippen molar-refractivity contribution in [3.63, 3.8) is 0 Å². The van der Waals surface area contributed by atoms with Crippen LogP contribution in [0.3, 0.4) is 0 Å². The highest BCUT2D eigenvalue weighted by Crippen LogP contribution is 2.44. The van der Waals surface area contributed by atoms with Crippen molar-refractivity contribution in [2.24, 2.45) is 22.7 Å². The number of rotatable bonds is 6. The van der Waals surface area contributed by atoms with E-state index >= 15 is 0 Å². The number of hydrogen-bond donors (Lipinski definition) is 2. The topological polar surface area (TPSA) is 69.9 Å². The lowest BCUT2D eigenvalue weighted by molar-refractivity contribution is -0.134. The summed E-state index contributed by atoms with van der Waals surface area (Å²) in [7, 11) is 0. The first kappa shape index (κ1) is 22.9. The number of halogens is 1. The van der Waals surface area contributed by atoms with Crippen LogP contribution in [0.25, 0.3) is 0 Å². The fraction of sp³-hybridized carbons (Fsp3) is 0.750. The minimum atomic E-state index is 0. The maximum Gasteiger partial charge on any atom is 0.225 e. The van der Waals surface area contributed by atoms with Crippen molar-refractivity contribution < 1.29 is 9.21 Å². The Labute approximate surface area is 203 Å². The number of carbonyl (C=O) groups is 1. The van der Waals surface area contributed by atoms with Crippen LogP contribution in [0.4, 0.5) is 0 Å². The lowest BCUT2D eigenvalue weighted by Gasteiger charge is -2.27. The number of aliphatic imine (C=N–C) groups is 1. The van der Waals surface area contributed by atoms with Gasteiger partial charge in [0.05, 0.1) is 6.26 Å². The Morgan fingerprint density at radius 2 is 2.00 bits per heavy atom. The summed E-state index contributed by atoms with van der Waals surface area (Å²) < 4.78 is 5.46. The molecule has 4 atom stereocenters. The van der Waals surface area contributed by atoms with Gasteiger partial charge in [0, 0.05) is 44.1 Å². The molecule has 4 aliphatic rings. The molecular weight excluding hydrogens is 503 g/mol. The van der Waals surface area contributed by atoms with E-state index in [4.69, 9.17) is 9.41 Å². The van der Waals surface area contributed by atoms with E-state index in [1.165, 1.54) is 38.5 Å². The highest BCUT2D eigenvalue weighted by atomic mass is 127. The van der Waals surface area contributed by atoms with E-state index in [-0.39, 0.29) is 29.9 Å². The van der Waals surface area contributed by atoms with Gasteiger partial charge in [0.1, 0.15) is 5.76 Å². The normalized spacial score (nSPS) is 30.6. The summed E-state index contributed by atoms with van der Waals surface area (Å²) in [6.07, 6.45) is 13.6. The highest BCUT2D eigenvalue weighted by molar-refractivity contribution is 14.0. The maximum absolute atomic E-state index is 12.8. The molecule has 0 aromatic carbocycles. The van der Waals surface area contributed by atoms with Gasteiger partial charge in [0.25, 0.3) is 0 Å². The zero-order chi connectivity index (χ0) is 20.3. The second-order valence-electron chi connectivity index (χ2n) is 9.88. The fourth-order valence-corrected chi connectivity index (χ4v) is 6.17. The molecule has 1 aliphatic heterocycles. The summed E-state index contributed by atoms with van der Waals surface area (Å²) in [5.41, 5.74) is 0. The first-order valence-corrected chi connectivity index (χ1v) is 12.1. The zero-order valence-electron chi connectivity index (χ0n) is 18.4. The Kier molecular flexibility index (Phi) is 7.82. The van der Waals surface area contributed by atoms with Gasteiger partial charge in [-0.15, -0.1) is 24.0 Å². The Hall–Kier alpha value is -1.25. The second kappa shape index (κ2) is 10.6. The third-order valence-electron chi connectivity index (χ3n) is 7.81. The van der Waals surface area contributed by atoms with Crippen LogP contribution >= 0.6 is 24.0 Å². The van der Waals surface area contributed by atoms with Crippen LogP contribution in [0.2, 0.25) is 0 Å². The predicted octanol–water partition coefficient (Wildman–Crippen LogP) is 3.96. The molecule has 6 nitrogen and oxygen atoms in total. The molecule has 3 saturated carbocycles. The average Bonchev–Trinajstić information content (AvgIpc) is 3.57. The molecule has 0 radical (unpaired) electrons. The van der Waals surface area contributed by atoms with Crippen molar-refractivity contribution in [3.8, 4) is 0 Å². The molecule has 1 saturated heterocycles. The SMILES string of the molecule is I.O=C(C1CCCC1)N1CCC(NC(=NCCc2ccco2)NC2CC3CCC2C3)C1. The standard InChI is InChI=1S/C24H36N4O2.HI/c29-23(18-4-1-2-5-18)28-12-10-20(16-28)26-24(25-11-9-21-6-3-13-30-21)27-22-15-17-7-8-19(22)14-17;/h3,6,13,17-20,22H,1-2,4-5,7-12,14-16H2,(H2,25,26,27);1H. The van der Waals surface area contributed by atoms with Gasteiger partial charge >= 0.3 is 0 Å². The molecule has 4 unspecified atom stereocenters. The van der Waals surface area contributed by atoms with Crippen molar-refractivity contribution in [2.45, 2.75) is 76.3 Å². The number of nitrogens with zero attached hydrogens (tertiary/aromatic N) is 2. The van der Waals surface area contributed by atoms with E-state index in [1.54, 1.807) is 6.26 Å². The summed E-state index contributed by atoms with van der Waals surface area (Å²) in [6, 6.07) is 4.79.